The summed E-state index contributed by atoms with van der Waals surface area (Å²) in [4.78, 5) is 25.7. The fourth-order valence-corrected chi connectivity index (χ4v) is 1.85. The Morgan fingerprint density at radius 2 is 2.29 bits per heavy atom. The number of pyridine rings is 1. The molecule has 0 N–H and O–H groups in total. The molecule has 6 nitrogen and oxygen atoms in total. The molecule has 0 radical (unpaired) electrons. The molecule has 0 aliphatic rings. The average Bonchev–Trinajstić information content (AvgIpc) is 2.82. The molecule has 0 saturated carbocycles. The van der Waals surface area contributed by atoms with Gasteiger partial charge >= 0.3 is 5.97 Å². The second kappa shape index (κ2) is 6.65. The van der Waals surface area contributed by atoms with Crippen LogP contribution in [0.2, 0.25) is 0 Å². The lowest BCUT2D eigenvalue weighted by Gasteiger charge is -2.08. The van der Waals surface area contributed by atoms with E-state index in [0.29, 0.717) is 5.56 Å². The number of nitrogens with zero attached hydrogens (tertiary/aromatic N) is 2. The first kappa shape index (κ1) is 14.7. The third-order valence-electron chi connectivity index (χ3n) is 2.68. The van der Waals surface area contributed by atoms with Crippen LogP contribution in [-0.2, 0) is 16.1 Å². The van der Waals surface area contributed by atoms with E-state index < -0.39 is 11.9 Å². The third-order valence-corrected chi connectivity index (χ3v) is 2.68. The van der Waals surface area contributed by atoms with Gasteiger partial charge in [-0.15, -0.1) is 0 Å². The number of hydrogen-bond acceptors (Lipinski definition) is 5. The topological polar surface area (TPSA) is 70.4 Å². The van der Waals surface area contributed by atoms with Crippen molar-refractivity contribution in [2.24, 2.45) is 0 Å². The molecule has 0 aliphatic heterocycles. The van der Waals surface area contributed by atoms with E-state index in [2.05, 4.69) is 4.98 Å². The summed E-state index contributed by atoms with van der Waals surface area (Å²) < 4.78 is 24.3. The van der Waals surface area contributed by atoms with E-state index in [1.165, 1.54) is 29.1 Å². The summed E-state index contributed by atoms with van der Waals surface area (Å²) in [7, 11) is 0. The van der Waals surface area contributed by atoms with Gasteiger partial charge in [-0.1, -0.05) is 0 Å². The summed E-state index contributed by atoms with van der Waals surface area (Å²) in [6.07, 6.45) is 2.81. The summed E-state index contributed by atoms with van der Waals surface area (Å²) in [5, 5.41) is 0. The molecule has 2 rings (SSSR count). The van der Waals surface area contributed by atoms with Crippen molar-refractivity contribution in [2.75, 3.05) is 6.61 Å². The maximum atomic E-state index is 13.1. The molecule has 7 heteroatoms. The Morgan fingerprint density at radius 1 is 1.48 bits per heavy atom. The van der Waals surface area contributed by atoms with Crippen molar-refractivity contribution < 1.29 is 23.5 Å². The minimum atomic E-state index is -0.610. The van der Waals surface area contributed by atoms with Crippen LogP contribution < -0.4 is 4.74 Å². The molecule has 0 unspecified atom stereocenters. The molecular weight excluding hydrogens is 279 g/mol. The van der Waals surface area contributed by atoms with Crippen LogP contribution in [-0.4, -0.2) is 28.6 Å². The number of esters is 1. The van der Waals surface area contributed by atoms with Crippen molar-refractivity contribution >= 4 is 12.4 Å². The Bertz CT molecular complexity index is 654. The fraction of sp³-hybridized carbons (Fsp3) is 0.214. The third kappa shape index (κ3) is 3.65. The smallest absolute Gasteiger partial charge is 0.355 e. The van der Waals surface area contributed by atoms with Gasteiger partial charge in [0, 0.05) is 25.0 Å². The number of aromatic nitrogens is 2. The van der Waals surface area contributed by atoms with Crippen molar-refractivity contribution in [1.29, 1.82) is 0 Å². The second-order valence-electron chi connectivity index (χ2n) is 4.11. The van der Waals surface area contributed by atoms with Crippen LogP contribution in [0, 0.1) is 5.95 Å². The molecule has 110 valence electrons. The van der Waals surface area contributed by atoms with Gasteiger partial charge in [-0.25, -0.2) is 9.78 Å². The minimum absolute atomic E-state index is 0.211. The van der Waals surface area contributed by atoms with Crippen molar-refractivity contribution in [3.63, 3.8) is 0 Å². The van der Waals surface area contributed by atoms with Crippen LogP contribution in [0.15, 0.2) is 30.6 Å². The van der Waals surface area contributed by atoms with Gasteiger partial charge in [0.1, 0.15) is 11.4 Å². The quantitative estimate of drug-likeness (QED) is 0.461. The number of carbonyl (C=O) groups is 2. The van der Waals surface area contributed by atoms with Gasteiger partial charge in [0.2, 0.25) is 5.95 Å². The molecule has 2 aromatic rings. The molecule has 0 bridgehead atoms. The molecule has 0 saturated heterocycles. The van der Waals surface area contributed by atoms with E-state index in [4.69, 9.17) is 9.47 Å². The van der Waals surface area contributed by atoms with Crippen LogP contribution in [0.3, 0.4) is 0 Å². The van der Waals surface area contributed by atoms with Crippen molar-refractivity contribution in [3.05, 3.63) is 47.8 Å². The first-order chi connectivity index (χ1) is 10.1. The molecule has 0 fully saturated rings. The molecule has 2 heterocycles. The van der Waals surface area contributed by atoms with Gasteiger partial charge in [-0.3, -0.25) is 4.79 Å². The van der Waals surface area contributed by atoms with Gasteiger partial charge in [-0.05, 0) is 24.6 Å². The largest absolute Gasteiger partial charge is 0.461 e. The highest BCUT2D eigenvalue weighted by molar-refractivity contribution is 5.88. The Hall–Kier alpha value is -2.70. The number of ether oxygens (including phenoxy) is 2. The fourth-order valence-electron chi connectivity index (χ4n) is 1.85. The minimum Gasteiger partial charge on any atom is -0.461 e. The first-order valence-electron chi connectivity index (χ1n) is 6.22. The van der Waals surface area contributed by atoms with Crippen molar-refractivity contribution in [1.82, 2.24) is 9.55 Å². The van der Waals surface area contributed by atoms with Gasteiger partial charge in [0.15, 0.2) is 0 Å². The normalized spacial score (nSPS) is 10.2. The summed E-state index contributed by atoms with van der Waals surface area (Å²) in [6.45, 7) is 2.39. The molecule has 0 atom stereocenters. The van der Waals surface area contributed by atoms with Crippen molar-refractivity contribution in [3.8, 4) is 5.75 Å². The predicted molar refractivity (Wildman–Crippen MR) is 70.4 cm³/mol. The Labute approximate surface area is 120 Å². The lowest BCUT2D eigenvalue weighted by atomic mass is 10.2. The average molecular weight is 292 g/mol. The maximum absolute atomic E-state index is 13.1. The summed E-state index contributed by atoms with van der Waals surface area (Å²) in [5.41, 5.74) is 0.826. The van der Waals surface area contributed by atoms with E-state index in [1.807, 2.05) is 0 Å². The van der Waals surface area contributed by atoms with Crippen LogP contribution >= 0.6 is 0 Å². The van der Waals surface area contributed by atoms with Gasteiger partial charge in [-0.2, -0.15) is 4.39 Å². The summed E-state index contributed by atoms with van der Waals surface area (Å²) in [5.74, 6) is -0.947. The lowest BCUT2D eigenvalue weighted by molar-refractivity contribution is -0.120. The standard InChI is InChI=1S/C14H13FN2O4/c1-2-20-14(19)12-6-11(21-9-18)8-17(12)7-10-3-4-16-13(15)5-10/h3-6,8-9H,2,7H2,1H3. The van der Waals surface area contributed by atoms with Crippen LogP contribution in [0.4, 0.5) is 4.39 Å². The van der Waals surface area contributed by atoms with E-state index in [0.717, 1.165) is 0 Å². The Morgan fingerprint density at radius 3 is 2.95 bits per heavy atom. The highest BCUT2D eigenvalue weighted by Crippen LogP contribution is 2.19. The number of hydrogen-bond donors (Lipinski definition) is 0. The van der Waals surface area contributed by atoms with E-state index in [1.54, 1.807) is 13.0 Å². The lowest BCUT2D eigenvalue weighted by Crippen LogP contribution is -2.12. The summed E-state index contributed by atoms with van der Waals surface area (Å²) >= 11 is 0. The molecule has 21 heavy (non-hydrogen) atoms. The van der Waals surface area contributed by atoms with E-state index in [9.17, 15) is 14.0 Å². The van der Waals surface area contributed by atoms with Crippen LogP contribution in [0.5, 0.6) is 5.75 Å². The molecule has 0 aromatic carbocycles. The van der Waals surface area contributed by atoms with Crippen LogP contribution in [0.25, 0.3) is 0 Å². The van der Waals surface area contributed by atoms with Gasteiger partial charge in [0.05, 0.1) is 6.61 Å². The van der Waals surface area contributed by atoms with Crippen molar-refractivity contribution in [2.45, 2.75) is 13.5 Å². The molecule has 2 aromatic heterocycles. The molecule has 0 spiro atoms. The number of halogens is 1. The Balaban J connectivity index is 2.31. The van der Waals surface area contributed by atoms with E-state index >= 15 is 0 Å². The zero-order valence-corrected chi connectivity index (χ0v) is 11.3. The van der Waals surface area contributed by atoms with Gasteiger partial charge in [0.25, 0.3) is 6.47 Å². The highest BCUT2D eigenvalue weighted by Gasteiger charge is 2.16. The SMILES string of the molecule is CCOC(=O)c1cc(OC=O)cn1Cc1ccnc(F)c1. The molecular formula is C14H13FN2O4. The predicted octanol–water partition coefficient (Wildman–Crippen LogP) is 1.78. The monoisotopic (exact) mass is 292 g/mol. The first-order valence-corrected chi connectivity index (χ1v) is 6.22. The number of rotatable bonds is 6. The maximum Gasteiger partial charge on any atom is 0.355 e. The number of carbonyl (C=O) groups excluding carboxylic acids is 2. The van der Waals surface area contributed by atoms with Crippen LogP contribution in [0.1, 0.15) is 23.0 Å². The Kier molecular flexibility index (Phi) is 4.65. The van der Waals surface area contributed by atoms with Gasteiger partial charge < -0.3 is 14.0 Å². The van der Waals surface area contributed by atoms with E-state index in [-0.39, 0.29) is 31.1 Å². The molecule has 0 amide bonds. The zero-order chi connectivity index (χ0) is 15.2. The summed E-state index contributed by atoms with van der Waals surface area (Å²) in [6, 6.07) is 4.28. The molecule has 0 aliphatic carbocycles. The highest BCUT2D eigenvalue weighted by atomic mass is 19.1. The zero-order valence-electron chi connectivity index (χ0n) is 11.3. The second-order valence-corrected chi connectivity index (χ2v) is 4.11.